The van der Waals surface area contributed by atoms with Crippen LogP contribution < -0.4 is 0 Å². The van der Waals surface area contributed by atoms with Crippen molar-refractivity contribution in [1.82, 2.24) is 0 Å². The van der Waals surface area contributed by atoms with E-state index >= 15 is 0 Å². The van der Waals surface area contributed by atoms with Crippen LogP contribution in [0, 0.1) is 0 Å². The van der Waals surface area contributed by atoms with Gasteiger partial charge >= 0.3 is 128 Å². The van der Waals surface area contributed by atoms with Crippen LogP contribution in [-0.2, 0) is 19.1 Å². The molecule has 0 aliphatic carbocycles. The summed E-state index contributed by atoms with van der Waals surface area (Å²) in [5.41, 5.74) is 0. The topological polar surface area (TPSA) is 52.6 Å². The molecular formula is C8H14O4PbSe2. The van der Waals surface area contributed by atoms with E-state index in [1.807, 2.05) is 0 Å². The number of hydrogen-bond acceptors (Lipinski definition) is 4. The second-order valence-corrected chi connectivity index (χ2v) is 3.77. The maximum absolute atomic E-state index is 10.2. The van der Waals surface area contributed by atoms with Crippen LogP contribution >= 0.6 is 0 Å². The van der Waals surface area contributed by atoms with E-state index in [9.17, 15) is 9.59 Å². The molecule has 0 aromatic rings. The molecule has 0 spiro atoms. The summed E-state index contributed by atoms with van der Waals surface area (Å²) in [4.78, 5) is 20.3. The zero-order valence-electron chi connectivity index (χ0n) is 8.78. The Bertz CT molecular complexity index is 149. The van der Waals surface area contributed by atoms with Gasteiger partial charge in [-0.2, -0.15) is 0 Å². The fourth-order valence-corrected chi connectivity index (χ4v) is 1.07. The summed E-state index contributed by atoms with van der Waals surface area (Å²) < 4.78 is 8.66. The first-order valence-corrected chi connectivity index (χ1v) is 6.34. The quantitative estimate of drug-likeness (QED) is 0.370. The average molecular weight is 539 g/mol. The smallest absolute Gasteiger partial charge is 2.00 e. The summed E-state index contributed by atoms with van der Waals surface area (Å²) in [6.07, 6.45) is 0.965. The van der Waals surface area contributed by atoms with Gasteiger partial charge in [-0.05, 0) is 0 Å². The van der Waals surface area contributed by atoms with E-state index in [-0.39, 0.29) is 39.2 Å². The van der Waals surface area contributed by atoms with Crippen LogP contribution in [0.4, 0.5) is 0 Å². The van der Waals surface area contributed by atoms with Gasteiger partial charge in [0, 0.05) is 0 Å². The van der Waals surface area contributed by atoms with Crippen molar-refractivity contribution in [3.63, 3.8) is 0 Å². The number of methoxy groups -OCH3 is 2. The largest absolute Gasteiger partial charge is 2.00 e. The Kier molecular flexibility index (Phi) is 24.5. The van der Waals surface area contributed by atoms with E-state index in [2.05, 4.69) is 41.5 Å². The summed E-state index contributed by atoms with van der Waals surface area (Å²) in [6.45, 7) is 0. The third-order valence-electron chi connectivity index (χ3n) is 1.07. The normalized spacial score (nSPS) is 7.73. The molecule has 0 rings (SSSR count). The maximum atomic E-state index is 10.2. The van der Waals surface area contributed by atoms with Crippen LogP contribution in [0.2, 0.25) is 10.6 Å². The monoisotopic (exact) mass is 542 g/mol. The molecule has 0 aliphatic heterocycles. The van der Waals surface area contributed by atoms with Gasteiger partial charge in [-0.25, -0.2) is 0 Å². The summed E-state index contributed by atoms with van der Waals surface area (Å²) >= 11 is 5.41. The molecule has 0 heterocycles. The van der Waals surface area contributed by atoms with Gasteiger partial charge in [0.2, 0.25) is 0 Å². The van der Waals surface area contributed by atoms with Crippen LogP contribution in [0.5, 0.6) is 0 Å². The van der Waals surface area contributed by atoms with Gasteiger partial charge in [-0.3, -0.25) is 0 Å². The predicted molar refractivity (Wildman–Crippen MR) is 60.1 cm³/mol. The van der Waals surface area contributed by atoms with Crippen molar-refractivity contribution in [3.05, 3.63) is 0 Å². The molecule has 0 bridgehead atoms. The summed E-state index contributed by atoms with van der Waals surface area (Å²) in [5.74, 6) is -0.308. The second kappa shape index (κ2) is 17.3. The van der Waals surface area contributed by atoms with Gasteiger partial charge < -0.3 is 0 Å². The van der Waals surface area contributed by atoms with E-state index in [0.717, 1.165) is 10.6 Å². The van der Waals surface area contributed by atoms with Crippen molar-refractivity contribution in [1.29, 1.82) is 0 Å². The minimum absolute atomic E-state index is 0. The van der Waals surface area contributed by atoms with Crippen molar-refractivity contribution in [3.8, 4) is 0 Å². The number of hydrogen-bond donors (Lipinski definition) is 0. The first-order valence-electron chi connectivity index (χ1n) is 3.92. The van der Waals surface area contributed by atoms with Crippen molar-refractivity contribution in [2.75, 3.05) is 14.2 Å². The van der Waals surface area contributed by atoms with Gasteiger partial charge in [0.1, 0.15) is 0 Å². The molecule has 4 nitrogen and oxygen atoms in total. The molecule has 0 aromatic carbocycles. The van der Waals surface area contributed by atoms with Crippen LogP contribution in [-0.4, -0.2) is 85.5 Å². The van der Waals surface area contributed by atoms with Crippen LogP contribution in [0.3, 0.4) is 0 Å². The standard InChI is InChI=1S/2C4H8O2Se.Pb/c2*1-6-4(5)2-3-7;/h2*7H,2-3H2,1H3;/q;;+2/p-2. The van der Waals surface area contributed by atoms with Crippen molar-refractivity contribution < 1.29 is 19.1 Å². The molecule has 0 amide bonds. The van der Waals surface area contributed by atoms with Gasteiger partial charge in [0.25, 0.3) is 0 Å². The van der Waals surface area contributed by atoms with E-state index in [4.69, 9.17) is 0 Å². The van der Waals surface area contributed by atoms with Crippen molar-refractivity contribution in [2.45, 2.75) is 23.5 Å². The molecule has 2 radical (unpaired) electrons. The molecular weight excluding hydrogens is 525 g/mol. The predicted octanol–water partition coefficient (Wildman–Crippen LogP) is -0.108. The third-order valence-corrected chi connectivity index (χ3v) is 1.92. The molecule has 86 valence electrons. The fourth-order valence-electron chi connectivity index (χ4n) is 0.371. The Morgan fingerprint density at radius 3 is 1.27 bits per heavy atom. The molecule has 0 fully saturated rings. The Balaban J connectivity index is -0.000000180. The minimum Gasteiger partial charge on any atom is 2.00 e. The van der Waals surface area contributed by atoms with E-state index in [1.165, 1.54) is 14.2 Å². The molecule has 0 aliphatic rings. The minimum atomic E-state index is -0.154. The summed E-state index contributed by atoms with van der Waals surface area (Å²) in [5, 5.41) is 1.49. The molecule has 0 aromatic heterocycles. The molecule has 7 heteroatoms. The van der Waals surface area contributed by atoms with Gasteiger partial charge in [-0.1, -0.05) is 0 Å². The molecule has 0 atom stereocenters. The van der Waals surface area contributed by atoms with E-state index in [1.54, 1.807) is 0 Å². The first kappa shape index (κ1) is 21.2. The summed E-state index contributed by atoms with van der Waals surface area (Å²) in [6, 6.07) is 0. The molecule has 0 N–H and O–H groups in total. The first-order chi connectivity index (χ1) is 6.62. The number of rotatable bonds is 4. The third kappa shape index (κ3) is 20.9. The number of ether oxygens (including phenoxy) is 2. The van der Waals surface area contributed by atoms with Crippen LogP contribution in [0.25, 0.3) is 0 Å². The number of esters is 2. The fraction of sp³-hybridized carbons (Fsp3) is 0.750. The average Bonchev–Trinajstić information content (AvgIpc) is 2.19. The molecule has 0 saturated heterocycles. The van der Waals surface area contributed by atoms with Crippen LogP contribution in [0.1, 0.15) is 12.8 Å². The Morgan fingerprint density at radius 1 is 0.933 bits per heavy atom. The molecule has 0 saturated carbocycles. The number of carbonyl (C=O) groups is 2. The Hall–Kier alpha value is 0.901. The Morgan fingerprint density at radius 2 is 1.20 bits per heavy atom. The Labute approximate surface area is 127 Å². The zero-order valence-corrected chi connectivity index (χ0v) is 16.1. The van der Waals surface area contributed by atoms with E-state index in [0.29, 0.717) is 12.8 Å². The zero-order chi connectivity index (χ0) is 11.4. The van der Waals surface area contributed by atoms with Gasteiger partial charge in [0.15, 0.2) is 0 Å². The van der Waals surface area contributed by atoms with Crippen molar-refractivity contribution >= 4 is 71.3 Å². The van der Waals surface area contributed by atoms with Crippen LogP contribution in [0.15, 0.2) is 0 Å². The summed E-state index contributed by atoms with van der Waals surface area (Å²) in [7, 11) is 2.77. The molecule has 15 heavy (non-hydrogen) atoms. The second-order valence-electron chi connectivity index (χ2n) is 2.06. The van der Waals surface area contributed by atoms with E-state index < -0.39 is 0 Å². The van der Waals surface area contributed by atoms with Gasteiger partial charge in [-0.15, -0.1) is 0 Å². The SMILES string of the molecule is COC(=O)CC[Se-].COC(=O)CC[Se-].[Pb+2]. The molecule has 0 unspecified atom stereocenters. The maximum Gasteiger partial charge on any atom is 2.00 e. The van der Waals surface area contributed by atoms with Gasteiger partial charge in [0.05, 0.1) is 0 Å². The number of carbonyl (C=O) groups excluding carboxylic acids is 2. The van der Waals surface area contributed by atoms with Crippen molar-refractivity contribution in [2.24, 2.45) is 0 Å².